The van der Waals surface area contributed by atoms with Crippen LogP contribution < -0.4 is 11.0 Å². The third kappa shape index (κ3) is 10.5. The van der Waals surface area contributed by atoms with Crippen LogP contribution in [0.3, 0.4) is 0 Å². The molecule has 2 aromatic heterocycles. The van der Waals surface area contributed by atoms with E-state index in [1.807, 2.05) is 69.3 Å². The number of likely N-dealkylation sites (N-methyl/N-ethyl adjacent to an activating group) is 1. The van der Waals surface area contributed by atoms with Crippen LogP contribution in [0.25, 0.3) is 21.1 Å². The van der Waals surface area contributed by atoms with E-state index < -0.39 is 54.2 Å². The quantitative estimate of drug-likeness (QED) is 0.0869. The lowest BCUT2D eigenvalue weighted by Gasteiger charge is -2.40. The van der Waals surface area contributed by atoms with Gasteiger partial charge in [0.25, 0.3) is 11.8 Å². The number of rotatable bonds is 13. The van der Waals surface area contributed by atoms with E-state index >= 15 is 9.59 Å². The summed E-state index contributed by atoms with van der Waals surface area (Å²) in [5, 5.41) is 3.11. The molecule has 3 N–H and O–H groups in total. The summed E-state index contributed by atoms with van der Waals surface area (Å²) in [6.45, 7) is 9.25. The Balaban J connectivity index is 0.889. The Labute approximate surface area is 431 Å². The number of hydrogen-bond donors (Lipinski definition) is 3. The number of imidazole rings is 1. The standard InChI is InChI=1S/C53H64F2N7O10PS/c1-52(2,3)46(56-47(64)43-30-36-29-37(12-15-42(36)74-43)53(54,55)73(69,70)71)50(67)61-24-20-35(45(61)49(66)60-25-26-72-41(31-60)34-9-7-6-8-10-34)27-33-18-22-59(23-19-33)21-17-32-11-13-38-40(28-32)57(4)51(68)62(38)39-14-16-44(63)58(5)48(39)65/h6-13,15,28-30,33,35,39,41,45-46H,14,16-27,31H2,1-5H3,(H,56,64)(H2,69,70,71)/t35-,39?,41-,45-,46+/m0/s1. The Hall–Kier alpha value is -5.63. The lowest BCUT2D eigenvalue weighted by Crippen LogP contribution is -2.59. The highest BCUT2D eigenvalue weighted by Gasteiger charge is 2.51. The highest BCUT2D eigenvalue weighted by Crippen LogP contribution is 2.59. The van der Waals surface area contributed by atoms with Crippen LogP contribution in [0.5, 0.6) is 0 Å². The lowest BCUT2D eigenvalue weighted by atomic mass is 9.82. The van der Waals surface area contributed by atoms with Gasteiger partial charge < -0.3 is 34.5 Å². The first-order valence-corrected chi connectivity index (χ1v) is 27.7. The van der Waals surface area contributed by atoms with Crippen molar-refractivity contribution in [3.8, 4) is 0 Å². The van der Waals surface area contributed by atoms with Crippen molar-refractivity contribution in [1.29, 1.82) is 0 Å². The normalized spacial score (nSPS) is 22.3. The van der Waals surface area contributed by atoms with Crippen LogP contribution in [-0.2, 0) is 47.6 Å². The molecule has 74 heavy (non-hydrogen) atoms. The summed E-state index contributed by atoms with van der Waals surface area (Å²) in [6, 6.07) is 17.5. The fourth-order valence-electron chi connectivity index (χ4n) is 11.3. The zero-order valence-corrected chi connectivity index (χ0v) is 44.0. The predicted octanol–water partition coefficient (Wildman–Crippen LogP) is 6.41. The number of morpholine rings is 1. The number of amides is 5. The van der Waals surface area contributed by atoms with Crippen molar-refractivity contribution in [3.05, 3.63) is 105 Å². The number of nitrogens with one attached hydrogen (secondary N) is 1. The molecule has 6 heterocycles. The van der Waals surface area contributed by atoms with Crippen LogP contribution >= 0.6 is 18.9 Å². The van der Waals surface area contributed by atoms with Gasteiger partial charge in [-0.15, -0.1) is 11.3 Å². The molecule has 4 fully saturated rings. The number of likely N-dealkylation sites (tertiary alicyclic amines) is 3. The Morgan fingerprint density at radius 1 is 0.892 bits per heavy atom. The number of carbonyl (C=O) groups is 5. The Bertz CT molecular complexity index is 3090. The summed E-state index contributed by atoms with van der Waals surface area (Å²) >= 11 is 0.997. The van der Waals surface area contributed by atoms with Gasteiger partial charge in [0.1, 0.15) is 24.2 Å². The number of nitrogens with zero attached hydrogens (tertiary/aromatic N) is 6. The average Bonchev–Trinajstić information content (AvgIpc) is 4.07. The van der Waals surface area contributed by atoms with Gasteiger partial charge in [0.05, 0.1) is 29.1 Å². The van der Waals surface area contributed by atoms with Gasteiger partial charge in [-0.25, -0.2) is 4.79 Å². The summed E-state index contributed by atoms with van der Waals surface area (Å²) in [4.78, 5) is 109. The number of benzene rings is 3. The lowest BCUT2D eigenvalue weighted by molar-refractivity contribution is -0.152. The maximum atomic E-state index is 15.1. The molecule has 5 amide bonds. The first kappa shape index (κ1) is 53.2. The monoisotopic (exact) mass is 1060 g/mol. The third-order valence-corrected chi connectivity index (χ3v) is 17.7. The molecule has 0 bridgehead atoms. The zero-order chi connectivity index (χ0) is 53.0. The number of thiophene rings is 1. The summed E-state index contributed by atoms with van der Waals surface area (Å²) in [6.07, 6.45) is 3.98. The molecule has 21 heteroatoms. The minimum absolute atomic E-state index is 0.113. The van der Waals surface area contributed by atoms with E-state index in [1.165, 1.54) is 23.7 Å². The summed E-state index contributed by atoms with van der Waals surface area (Å²) in [7, 11) is -2.68. The van der Waals surface area contributed by atoms with Crippen molar-refractivity contribution in [2.24, 2.45) is 24.3 Å². The van der Waals surface area contributed by atoms with E-state index in [4.69, 9.17) is 4.74 Å². The van der Waals surface area contributed by atoms with Gasteiger partial charge in [-0.1, -0.05) is 63.2 Å². The molecule has 4 aliphatic rings. The van der Waals surface area contributed by atoms with Gasteiger partial charge in [-0.3, -0.25) is 42.6 Å². The van der Waals surface area contributed by atoms with Gasteiger partial charge in [0.2, 0.25) is 17.7 Å². The minimum atomic E-state index is -5.83. The Morgan fingerprint density at radius 3 is 2.32 bits per heavy atom. The maximum absolute atomic E-state index is 15.1. The number of aromatic nitrogens is 2. The number of ether oxygens (including phenoxy) is 1. The van der Waals surface area contributed by atoms with Crippen molar-refractivity contribution < 1.29 is 51.8 Å². The highest BCUT2D eigenvalue weighted by atomic mass is 32.1. The van der Waals surface area contributed by atoms with Crippen molar-refractivity contribution in [1.82, 2.24) is 34.1 Å². The molecule has 0 aliphatic carbocycles. The number of imide groups is 1. The SMILES string of the molecule is CN1C(=O)CCC(n2c(=O)n(C)c3cc(CCN4CCC(C[C@@H]5CCN(C(=O)[C@@H](NC(=O)c6cc7cc(C(F)(F)P(=O)(O)O)ccc7s6)C(C)(C)C)[C@@H]5C(=O)N5CCO[C@H](c6ccccc6)C5)CC4)ccc32)C1=O. The Morgan fingerprint density at radius 2 is 1.62 bits per heavy atom. The highest BCUT2D eigenvalue weighted by molar-refractivity contribution is 7.52. The first-order valence-electron chi connectivity index (χ1n) is 25.3. The molecule has 3 aromatic carbocycles. The maximum Gasteiger partial charge on any atom is 0.399 e. The number of fused-ring (bicyclic) bond motifs is 2. The molecule has 396 valence electrons. The molecule has 9 rings (SSSR count). The van der Waals surface area contributed by atoms with Crippen molar-refractivity contribution in [2.45, 2.75) is 95.6 Å². The predicted molar refractivity (Wildman–Crippen MR) is 275 cm³/mol. The van der Waals surface area contributed by atoms with Gasteiger partial charge in [-0.05, 0) is 116 Å². The number of alkyl halides is 2. The van der Waals surface area contributed by atoms with Crippen LogP contribution in [-0.4, -0.2) is 133 Å². The van der Waals surface area contributed by atoms with Crippen molar-refractivity contribution in [3.63, 3.8) is 0 Å². The minimum Gasteiger partial charge on any atom is -0.370 e. The number of piperidine rings is 2. The van der Waals surface area contributed by atoms with Gasteiger partial charge in [0, 0.05) is 50.4 Å². The summed E-state index contributed by atoms with van der Waals surface area (Å²) in [5.41, 5.74) is -3.07. The fourth-order valence-corrected chi connectivity index (χ4v) is 12.7. The van der Waals surface area contributed by atoms with Crippen LogP contribution in [0.4, 0.5) is 8.78 Å². The largest absolute Gasteiger partial charge is 0.399 e. The van der Waals surface area contributed by atoms with Crippen LogP contribution in [0.15, 0.2) is 77.6 Å². The van der Waals surface area contributed by atoms with Gasteiger partial charge in [-0.2, -0.15) is 8.78 Å². The topological polar surface area (TPSA) is 204 Å². The second-order valence-electron chi connectivity index (χ2n) is 21.5. The molecule has 0 spiro atoms. The second-order valence-corrected chi connectivity index (χ2v) is 24.2. The fraction of sp³-hybridized carbons (Fsp3) is 0.509. The van der Waals surface area contributed by atoms with Crippen molar-refractivity contribution in [2.75, 3.05) is 52.9 Å². The average molecular weight is 1060 g/mol. The first-order chi connectivity index (χ1) is 35.0. The van der Waals surface area contributed by atoms with E-state index in [2.05, 4.69) is 10.2 Å². The number of hydrogen-bond acceptors (Lipinski definition) is 10. The molecule has 1 unspecified atom stereocenters. The summed E-state index contributed by atoms with van der Waals surface area (Å²) in [5.74, 6) is -1.69. The summed E-state index contributed by atoms with van der Waals surface area (Å²) < 4.78 is 50.5. The molecule has 0 saturated carbocycles. The third-order valence-electron chi connectivity index (χ3n) is 15.6. The van der Waals surface area contributed by atoms with Crippen molar-refractivity contribution >= 4 is 69.6 Å². The number of aryl methyl sites for hydroxylation is 1. The van der Waals surface area contributed by atoms with E-state index in [9.17, 15) is 42.3 Å². The van der Waals surface area contributed by atoms with Crippen LogP contribution in [0.1, 0.15) is 97.8 Å². The molecular weight excluding hydrogens is 996 g/mol. The zero-order valence-electron chi connectivity index (χ0n) is 42.2. The van der Waals surface area contributed by atoms with E-state index in [1.54, 1.807) is 21.4 Å². The number of halogens is 2. The van der Waals surface area contributed by atoms with Crippen LogP contribution in [0, 0.1) is 17.3 Å². The van der Waals surface area contributed by atoms with E-state index in [0.29, 0.717) is 48.8 Å². The Kier molecular flexibility index (Phi) is 15.0. The van der Waals surface area contributed by atoms with Gasteiger partial charge >= 0.3 is 18.9 Å². The molecule has 4 aliphatic heterocycles. The molecular formula is C53H64F2N7O10PS. The van der Waals surface area contributed by atoms with E-state index in [0.717, 1.165) is 90.3 Å². The molecule has 0 radical (unpaired) electrons. The molecule has 4 saturated heterocycles. The number of carbonyl (C=O) groups excluding carboxylic acids is 5. The molecule has 17 nitrogen and oxygen atoms in total. The second kappa shape index (κ2) is 20.8. The van der Waals surface area contributed by atoms with Gasteiger partial charge in [0.15, 0.2) is 0 Å². The van der Waals surface area contributed by atoms with Crippen LogP contribution in [0.2, 0.25) is 0 Å². The smallest absolute Gasteiger partial charge is 0.370 e. The van der Waals surface area contributed by atoms with E-state index in [-0.39, 0.29) is 58.5 Å². The molecule has 5 aromatic rings. The molecule has 5 atom stereocenters.